The molecule has 0 heterocycles. The predicted molar refractivity (Wildman–Crippen MR) is 86.6 cm³/mol. The second kappa shape index (κ2) is 5.88. The van der Waals surface area contributed by atoms with Crippen LogP contribution in [0.1, 0.15) is 17.5 Å². The number of anilines is 1. The van der Waals surface area contributed by atoms with E-state index in [1.807, 2.05) is 6.07 Å². The third-order valence-electron chi connectivity index (χ3n) is 3.87. The summed E-state index contributed by atoms with van der Waals surface area (Å²) < 4.78 is 6.25. The molecule has 2 aromatic carbocycles. The molecule has 3 heteroatoms. The molecule has 1 unspecified atom stereocenters. The van der Waals surface area contributed by atoms with Gasteiger partial charge >= 0.3 is 0 Å². The molecule has 2 nitrogen and oxygen atoms in total. The van der Waals surface area contributed by atoms with Gasteiger partial charge in [-0.3, -0.25) is 0 Å². The number of aryl methyl sites for hydroxylation is 1. The molecule has 1 aliphatic carbocycles. The van der Waals surface area contributed by atoms with E-state index in [0.29, 0.717) is 6.04 Å². The number of hydrogen-bond donors (Lipinski definition) is 1. The Morgan fingerprint density at radius 2 is 1.95 bits per heavy atom. The summed E-state index contributed by atoms with van der Waals surface area (Å²) in [4.78, 5) is 0. The van der Waals surface area contributed by atoms with Crippen LogP contribution in [-0.2, 0) is 12.8 Å². The number of methoxy groups -OCH3 is 1. The molecule has 0 radical (unpaired) electrons. The standard InChI is InChI=1S/C17H18BrNO/c1-20-17-9-8-15(11-16(17)18)19-14-7-6-12-4-2-3-5-13(12)10-14/h2-5,8-9,11,14,19H,6-7,10H2,1H3. The lowest BCUT2D eigenvalue weighted by atomic mass is 9.88. The Morgan fingerprint density at radius 1 is 1.15 bits per heavy atom. The molecule has 1 aliphatic rings. The zero-order valence-electron chi connectivity index (χ0n) is 11.5. The van der Waals surface area contributed by atoms with Crippen LogP contribution in [0.25, 0.3) is 0 Å². The normalized spacial score (nSPS) is 17.4. The number of rotatable bonds is 3. The first-order valence-electron chi connectivity index (χ1n) is 6.93. The van der Waals surface area contributed by atoms with Crippen LogP contribution in [-0.4, -0.2) is 13.2 Å². The monoisotopic (exact) mass is 331 g/mol. The largest absolute Gasteiger partial charge is 0.496 e. The number of fused-ring (bicyclic) bond motifs is 1. The van der Waals surface area contributed by atoms with Crippen LogP contribution >= 0.6 is 15.9 Å². The summed E-state index contributed by atoms with van der Waals surface area (Å²) in [5, 5.41) is 3.63. The van der Waals surface area contributed by atoms with Crippen molar-refractivity contribution in [2.24, 2.45) is 0 Å². The maximum Gasteiger partial charge on any atom is 0.133 e. The Bertz CT molecular complexity index is 612. The molecule has 0 bridgehead atoms. The van der Waals surface area contributed by atoms with Crippen molar-refractivity contribution in [3.8, 4) is 5.75 Å². The van der Waals surface area contributed by atoms with Crippen LogP contribution in [0.15, 0.2) is 46.9 Å². The van der Waals surface area contributed by atoms with Gasteiger partial charge in [0, 0.05) is 11.7 Å². The van der Waals surface area contributed by atoms with Gasteiger partial charge in [-0.2, -0.15) is 0 Å². The molecule has 20 heavy (non-hydrogen) atoms. The molecule has 0 spiro atoms. The number of benzene rings is 2. The van der Waals surface area contributed by atoms with E-state index in [-0.39, 0.29) is 0 Å². The van der Waals surface area contributed by atoms with Crippen LogP contribution in [0.4, 0.5) is 5.69 Å². The molecule has 104 valence electrons. The fraction of sp³-hybridized carbons (Fsp3) is 0.294. The molecule has 0 saturated carbocycles. The average molecular weight is 332 g/mol. The summed E-state index contributed by atoms with van der Waals surface area (Å²) in [7, 11) is 1.69. The van der Waals surface area contributed by atoms with Crippen molar-refractivity contribution >= 4 is 21.6 Å². The molecule has 0 amide bonds. The molecular weight excluding hydrogens is 314 g/mol. The van der Waals surface area contributed by atoms with Gasteiger partial charge in [0.1, 0.15) is 5.75 Å². The molecule has 0 aliphatic heterocycles. The molecule has 3 rings (SSSR count). The Hall–Kier alpha value is -1.48. The second-order valence-electron chi connectivity index (χ2n) is 5.20. The summed E-state index contributed by atoms with van der Waals surface area (Å²) >= 11 is 3.53. The average Bonchev–Trinajstić information content (AvgIpc) is 2.47. The summed E-state index contributed by atoms with van der Waals surface area (Å²) in [5.41, 5.74) is 4.12. The van der Waals surface area contributed by atoms with E-state index in [2.05, 4.69) is 57.6 Å². The third-order valence-corrected chi connectivity index (χ3v) is 4.49. The number of halogens is 1. The molecule has 1 N–H and O–H groups in total. The molecule has 0 fully saturated rings. The van der Waals surface area contributed by atoms with Crippen LogP contribution in [0.2, 0.25) is 0 Å². The third kappa shape index (κ3) is 2.83. The highest BCUT2D eigenvalue weighted by Crippen LogP contribution is 2.29. The summed E-state index contributed by atoms with van der Waals surface area (Å²) in [5.74, 6) is 0.865. The first-order valence-corrected chi connectivity index (χ1v) is 7.72. The van der Waals surface area contributed by atoms with Crippen molar-refractivity contribution in [3.63, 3.8) is 0 Å². The Balaban J connectivity index is 1.72. The fourth-order valence-corrected chi connectivity index (χ4v) is 3.35. The Kier molecular flexibility index (Phi) is 3.97. The van der Waals surface area contributed by atoms with Crippen molar-refractivity contribution in [3.05, 3.63) is 58.1 Å². The van der Waals surface area contributed by atoms with Gasteiger partial charge < -0.3 is 10.1 Å². The quantitative estimate of drug-likeness (QED) is 0.898. The van der Waals surface area contributed by atoms with Gasteiger partial charge in [-0.25, -0.2) is 0 Å². The number of ether oxygens (including phenoxy) is 1. The van der Waals surface area contributed by atoms with Gasteiger partial charge in [-0.05, 0) is 64.5 Å². The molecule has 0 aromatic heterocycles. The maximum absolute atomic E-state index is 5.26. The highest BCUT2D eigenvalue weighted by atomic mass is 79.9. The van der Waals surface area contributed by atoms with Crippen molar-refractivity contribution in [1.82, 2.24) is 0 Å². The van der Waals surface area contributed by atoms with Crippen LogP contribution in [0, 0.1) is 0 Å². The minimum Gasteiger partial charge on any atom is -0.496 e. The molecule has 0 saturated heterocycles. The van der Waals surface area contributed by atoms with Gasteiger partial charge in [0.05, 0.1) is 11.6 Å². The smallest absolute Gasteiger partial charge is 0.133 e. The van der Waals surface area contributed by atoms with Gasteiger partial charge in [-0.15, -0.1) is 0 Å². The highest BCUT2D eigenvalue weighted by molar-refractivity contribution is 9.10. The topological polar surface area (TPSA) is 21.3 Å². The molecular formula is C17H18BrNO. The lowest BCUT2D eigenvalue weighted by Crippen LogP contribution is -2.27. The van der Waals surface area contributed by atoms with Gasteiger partial charge in [-0.1, -0.05) is 24.3 Å². The SMILES string of the molecule is COc1ccc(NC2CCc3ccccc3C2)cc1Br. The van der Waals surface area contributed by atoms with Gasteiger partial charge in [0.25, 0.3) is 0 Å². The number of nitrogens with one attached hydrogen (secondary N) is 1. The van der Waals surface area contributed by atoms with E-state index in [1.165, 1.54) is 17.5 Å². The number of hydrogen-bond acceptors (Lipinski definition) is 2. The summed E-state index contributed by atoms with van der Waals surface area (Å²) in [6.45, 7) is 0. The zero-order chi connectivity index (χ0) is 13.9. The van der Waals surface area contributed by atoms with E-state index in [4.69, 9.17) is 4.74 Å². The zero-order valence-corrected chi connectivity index (χ0v) is 13.1. The van der Waals surface area contributed by atoms with E-state index < -0.39 is 0 Å². The van der Waals surface area contributed by atoms with Crippen LogP contribution in [0.3, 0.4) is 0 Å². The van der Waals surface area contributed by atoms with Gasteiger partial charge in [0.2, 0.25) is 0 Å². The van der Waals surface area contributed by atoms with E-state index in [1.54, 1.807) is 7.11 Å². The predicted octanol–water partition coefficient (Wildman–Crippen LogP) is 4.43. The second-order valence-corrected chi connectivity index (χ2v) is 6.06. The minimum atomic E-state index is 0.505. The summed E-state index contributed by atoms with van der Waals surface area (Å²) in [6, 6.07) is 15.4. The first kappa shape index (κ1) is 13.5. The van der Waals surface area contributed by atoms with Crippen LogP contribution < -0.4 is 10.1 Å². The molecule has 2 aromatic rings. The summed E-state index contributed by atoms with van der Waals surface area (Å²) in [6.07, 6.45) is 3.44. The van der Waals surface area contributed by atoms with Crippen molar-refractivity contribution in [1.29, 1.82) is 0 Å². The lowest BCUT2D eigenvalue weighted by molar-refractivity contribution is 0.412. The maximum atomic E-state index is 5.26. The lowest BCUT2D eigenvalue weighted by Gasteiger charge is -2.26. The highest BCUT2D eigenvalue weighted by Gasteiger charge is 2.18. The minimum absolute atomic E-state index is 0.505. The fourth-order valence-electron chi connectivity index (χ4n) is 2.81. The van der Waals surface area contributed by atoms with E-state index in [0.717, 1.165) is 28.8 Å². The van der Waals surface area contributed by atoms with Gasteiger partial charge in [0.15, 0.2) is 0 Å². The Labute approximate surface area is 128 Å². The first-order chi connectivity index (χ1) is 9.76. The van der Waals surface area contributed by atoms with Crippen molar-refractivity contribution in [2.75, 3.05) is 12.4 Å². The van der Waals surface area contributed by atoms with Crippen molar-refractivity contribution < 1.29 is 4.74 Å². The molecule has 1 atom stereocenters. The van der Waals surface area contributed by atoms with Crippen molar-refractivity contribution in [2.45, 2.75) is 25.3 Å². The van der Waals surface area contributed by atoms with E-state index in [9.17, 15) is 0 Å². The van der Waals surface area contributed by atoms with Crippen LogP contribution in [0.5, 0.6) is 5.75 Å². The van der Waals surface area contributed by atoms with E-state index >= 15 is 0 Å². The Morgan fingerprint density at radius 3 is 2.70 bits per heavy atom.